The van der Waals surface area contributed by atoms with Crippen LogP contribution < -0.4 is 0 Å². The highest BCUT2D eigenvalue weighted by Gasteiger charge is 2.06. The maximum atomic E-state index is 9.51. The van der Waals surface area contributed by atoms with Crippen LogP contribution in [0.5, 0.6) is 0 Å². The van der Waals surface area contributed by atoms with E-state index in [9.17, 15) is 5.11 Å². The molecule has 2 aromatic rings. The molecule has 80 valence electrons. The largest absolute Gasteiger partial charge is 0.389 e. The van der Waals surface area contributed by atoms with Gasteiger partial charge in [-0.3, -0.25) is 0 Å². The van der Waals surface area contributed by atoms with E-state index < -0.39 is 0 Å². The van der Waals surface area contributed by atoms with Gasteiger partial charge in [0.05, 0.1) is 6.10 Å². The van der Waals surface area contributed by atoms with E-state index in [0.29, 0.717) is 0 Å². The molecule has 0 radical (unpaired) electrons. The molecule has 2 rings (SSSR count). The molecule has 15 heavy (non-hydrogen) atoms. The van der Waals surface area contributed by atoms with E-state index in [0.717, 1.165) is 12.1 Å². The number of rotatable bonds is 2. The topological polar surface area (TPSA) is 25.2 Å². The first kappa shape index (κ1) is 10.2. The minimum absolute atomic E-state index is 0.389. The van der Waals surface area contributed by atoms with Crippen molar-refractivity contribution < 1.29 is 5.11 Å². The van der Waals surface area contributed by atoms with Crippen molar-refractivity contribution in [3.63, 3.8) is 0 Å². The van der Waals surface area contributed by atoms with Gasteiger partial charge in [0.2, 0.25) is 0 Å². The van der Waals surface area contributed by atoms with Crippen LogP contribution >= 0.6 is 0 Å². The molecular weight excluding hydrogens is 186 g/mol. The second kappa shape index (κ2) is 3.70. The van der Waals surface area contributed by atoms with Crippen LogP contribution in [0.1, 0.15) is 31.2 Å². The molecule has 1 aromatic heterocycles. The van der Waals surface area contributed by atoms with E-state index in [1.165, 1.54) is 16.6 Å². The first-order valence-electron chi connectivity index (χ1n) is 5.41. The van der Waals surface area contributed by atoms with E-state index >= 15 is 0 Å². The monoisotopic (exact) mass is 203 g/mol. The third kappa shape index (κ3) is 1.65. The second-order valence-electron chi connectivity index (χ2n) is 4.02. The van der Waals surface area contributed by atoms with Gasteiger partial charge in [-0.15, -0.1) is 0 Å². The van der Waals surface area contributed by atoms with E-state index in [1.54, 1.807) is 6.92 Å². The van der Waals surface area contributed by atoms with Crippen molar-refractivity contribution in [3.8, 4) is 0 Å². The van der Waals surface area contributed by atoms with Crippen molar-refractivity contribution in [1.29, 1.82) is 0 Å². The van der Waals surface area contributed by atoms with Crippen LogP contribution in [0.25, 0.3) is 10.9 Å². The summed E-state index contributed by atoms with van der Waals surface area (Å²) >= 11 is 0. The minimum atomic E-state index is -0.389. The summed E-state index contributed by atoms with van der Waals surface area (Å²) in [5.41, 5.74) is 3.50. The SMILES string of the molecule is CCn1c(C)cc2cc(C(C)O)ccc21. The number of hydrogen-bond donors (Lipinski definition) is 1. The second-order valence-corrected chi connectivity index (χ2v) is 4.02. The van der Waals surface area contributed by atoms with E-state index in [1.807, 2.05) is 6.07 Å². The molecule has 0 bridgehead atoms. The molecule has 0 saturated heterocycles. The summed E-state index contributed by atoms with van der Waals surface area (Å²) in [6.07, 6.45) is -0.389. The van der Waals surface area contributed by atoms with E-state index in [4.69, 9.17) is 0 Å². The van der Waals surface area contributed by atoms with Crippen LogP contribution in [0.3, 0.4) is 0 Å². The number of aliphatic hydroxyl groups is 1. The minimum Gasteiger partial charge on any atom is -0.389 e. The Balaban J connectivity index is 2.64. The van der Waals surface area contributed by atoms with Crippen molar-refractivity contribution in [3.05, 3.63) is 35.5 Å². The highest BCUT2D eigenvalue weighted by atomic mass is 16.3. The van der Waals surface area contributed by atoms with Crippen LogP contribution in [0, 0.1) is 6.92 Å². The highest BCUT2D eigenvalue weighted by molar-refractivity contribution is 5.82. The number of benzene rings is 1. The van der Waals surface area contributed by atoms with Gasteiger partial charge in [0.1, 0.15) is 0 Å². The summed E-state index contributed by atoms with van der Waals surface area (Å²) < 4.78 is 2.28. The fourth-order valence-corrected chi connectivity index (χ4v) is 2.11. The van der Waals surface area contributed by atoms with Crippen LogP contribution in [0.4, 0.5) is 0 Å². The normalized spacial score (nSPS) is 13.3. The molecule has 1 N–H and O–H groups in total. The molecule has 0 aliphatic heterocycles. The van der Waals surface area contributed by atoms with Gasteiger partial charge in [-0.2, -0.15) is 0 Å². The number of aryl methyl sites for hydroxylation is 2. The summed E-state index contributed by atoms with van der Waals surface area (Å²) in [6, 6.07) is 8.33. The molecule has 1 aromatic carbocycles. The third-order valence-electron chi connectivity index (χ3n) is 2.93. The summed E-state index contributed by atoms with van der Waals surface area (Å²) in [7, 11) is 0. The Hall–Kier alpha value is -1.28. The maximum Gasteiger partial charge on any atom is 0.0762 e. The Bertz CT molecular complexity index is 482. The van der Waals surface area contributed by atoms with Gasteiger partial charge in [0.15, 0.2) is 0 Å². The molecular formula is C13H17NO. The predicted molar refractivity (Wildman–Crippen MR) is 63.0 cm³/mol. The Morgan fingerprint density at radius 2 is 2.07 bits per heavy atom. The zero-order valence-electron chi connectivity index (χ0n) is 9.49. The number of aromatic nitrogens is 1. The zero-order valence-corrected chi connectivity index (χ0v) is 9.49. The van der Waals surface area contributed by atoms with Gasteiger partial charge < -0.3 is 9.67 Å². The van der Waals surface area contributed by atoms with Crippen molar-refractivity contribution in [1.82, 2.24) is 4.57 Å². The van der Waals surface area contributed by atoms with Crippen LogP contribution in [-0.4, -0.2) is 9.67 Å². The lowest BCUT2D eigenvalue weighted by atomic mass is 10.1. The standard InChI is InChI=1S/C13H17NO/c1-4-14-9(2)7-12-8-11(10(3)15)5-6-13(12)14/h5-8,10,15H,4H2,1-3H3. The average molecular weight is 203 g/mol. The quantitative estimate of drug-likeness (QED) is 0.797. The van der Waals surface area contributed by atoms with Gasteiger partial charge >= 0.3 is 0 Å². The van der Waals surface area contributed by atoms with Crippen molar-refractivity contribution >= 4 is 10.9 Å². The van der Waals surface area contributed by atoms with Crippen LogP contribution in [-0.2, 0) is 6.54 Å². The van der Waals surface area contributed by atoms with Crippen molar-refractivity contribution in [2.45, 2.75) is 33.4 Å². The van der Waals surface area contributed by atoms with Crippen molar-refractivity contribution in [2.75, 3.05) is 0 Å². The molecule has 2 nitrogen and oxygen atoms in total. The first-order valence-corrected chi connectivity index (χ1v) is 5.41. The molecule has 0 fully saturated rings. The van der Waals surface area contributed by atoms with Crippen LogP contribution in [0.15, 0.2) is 24.3 Å². The number of nitrogens with zero attached hydrogens (tertiary/aromatic N) is 1. The van der Waals surface area contributed by atoms with Gasteiger partial charge in [-0.1, -0.05) is 6.07 Å². The molecule has 0 spiro atoms. The maximum absolute atomic E-state index is 9.51. The Morgan fingerprint density at radius 3 is 2.67 bits per heavy atom. The van der Waals surface area contributed by atoms with Crippen molar-refractivity contribution in [2.24, 2.45) is 0 Å². The lowest BCUT2D eigenvalue weighted by molar-refractivity contribution is 0.199. The molecule has 1 atom stereocenters. The molecule has 0 aliphatic carbocycles. The number of fused-ring (bicyclic) bond motifs is 1. The molecule has 0 aliphatic rings. The fourth-order valence-electron chi connectivity index (χ4n) is 2.11. The summed E-state index contributed by atoms with van der Waals surface area (Å²) in [4.78, 5) is 0. The molecule has 2 heteroatoms. The predicted octanol–water partition coefficient (Wildman–Crippen LogP) is 3.02. The number of aliphatic hydroxyl groups excluding tert-OH is 1. The molecule has 1 heterocycles. The van der Waals surface area contributed by atoms with Crippen LogP contribution in [0.2, 0.25) is 0 Å². The molecule has 0 amide bonds. The smallest absolute Gasteiger partial charge is 0.0762 e. The Kier molecular flexibility index (Phi) is 2.53. The average Bonchev–Trinajstić information content (AvgIpc) is 2.51. The van der Waals surface area contributed by atoms with Gasteiger partial charge in [0, 0.05) is 23.1 Å². The first-order chi connectivity index (χ1) is 7.13. The molecule has 0 saturated carbocycles. The fraction of sp³-hybridized carbons (Fsp3) is 0.385. The number of hydrogen-bond acceptors (Lipinski definition) is 1. The summed E-state index contributed by atoms with van der Waals surface area (Å²) in [5, 5.41) is 10.7. The molecule has 1 unspecified atom stereocenters. The van der Waals surface area contributed by atoms with Gasteiger partial charge in [0.25, 0.3) is 0 Å². The summed E-state index contributed by atoms with van der Waals surface area (Å²) in [5.74, 6) is 0. The third-order valence-corrected chi connectivity index (χ3v) is 2.93. The van der Waals surface area contributed by atoms with E-state index in [2.05, 4.69) is 36.6 Å². The Labute approximate surface area is 90.2 Å². The highest BCUT2D eigenvalue weighted by Crippen LogP contribution is 2.23. The van der Waals surface area contributed by atoms with Gasteiger partial charge in [-0.05, 0) is 44.5 Å². The van der Waals surface area contributed by atoms with Gasteiger partial charge in [-0.25, -0.2) is 0 Å². The zero-order chi connectivity index (χ0) is 11.0. The Morgan fingerprint density at radius 1 is 1.33 bits per heavy atom. The lowest BCUT2D eigenvalue weighted by Crippen LogP contribution is -1.96. The summed E-state index contributed by atoms with van der Waals surface area (Å²) in [6.45, 7) is 7.05. The lowest BCUT2D eigenvalue weighted by Gasteiger charge is -2.06. The van der Waals surface area contributed by atoms with E-state index in [-0.39, 0.29) is 6.10 Å².